The van der Waals surface area contributed by atoms with E-state index in [0.29, 0.717) is 0 Å². The van der Waals surface area contributed by atoms with Crippen LogP contribution in [0.3, 0.4) is 0 Å². The predicted octanol–water partition coefficient (Wildman–Crippen LogP) is 1.87. The Morgan fingerprint density at radius 1 is 1.33 bits per heavy atom. The molecule has 0 aliphatic carbocycles. The Morgan fingerprint density at radius 2 is 2.00 bits per heavy atom. The highest BCUT2D eigenvalue weighted by atomic mass is 32.1. The molecule has 1 unspecified atom stereocenters. The lowest BCUT2D eigenvalue weighted by Gasteiger charge is -2.32. The molecule has 18 heavy (non-hydrogen) atoms. The molecule has 0 spiro atoms. The number of hydrogen-bond donors (Lipinski definition) is 1. The average molecular weight is 268 g/mol. The highest BCUT2D eigenvalue weighted by Gasteiger charge is 2.20. The van der Waals surface area contributed by atoms with E-state index in [0.717, 1.165) is 39.0 Å². The number of aryl methyl sites for hydroxylation is 1. The van der Waals surface area contributed by atoms with Crippen LogP contribution in [0.1, 0.15) is 36.9 Å². The van der Waals surface area contributed by atoms with E-state index in [-0.39, 0.29) is 6.04 Å². The van der Waals surface area contributed by atoms with Crippen molar-refractivity contribution in [2.75, 3.05) is 38.1 Å². The van der Waals surface area contributed by atoms with Crippen LogP contribution in [0.15, 0.2) is 0 Å². The van der Waals surface area contributed by atoms with Crippen LogP contribution in [0.4, 0.5) is 5.13 Å². The van der Waals surface area contributed by atoms with Gasteiger partial charge in [0.15, 0.2) is 5.13 Å². The molecule has 2 rings (SSSR count). The first-order valence-corrected chi connectivity index (χ1v) is 7.62. The second kappa shape index (κ2) is 5.99. The fourth-order valence-corrected chi connectivity index (χ4v) is 3.37. The highest BCUT2D eigenvalue weighted by Crippen LogP contribution is 2.31. The standard InChI is InChI=1S/C13H24N4S/c1-4-5-11-12(10(2)14)18-13(15-11)17-8-6-16(3)7-9-17/h10H,4-9,14H2,1-3H3. The monoisotopic (exact) mass is 268 g/mol. The molecule has 1 atom stereocenters. The molecule has 2 N–H and O–H groups in total. The summed E-state index contributed by atoms with van der Waals surface area (Å²) in [6.07, 6.45) is 2.17. The van der Waals surface area contributed by atoms with E-state index in [9.17, 15) is 0 Å². The van der Waals surface area contributed by atoms with Crippen molar-refractivity contribution in [2.45, 2.75) is 32.7 Å². The van der Waals surface area contributed by atoms with E-state index in [1.54, 1.807) is 11.3 Å². The topological polar surface area (TPSA) is 45.4 Å². The molecule has 1 aromatic heterocycles. The molecule has 0 saturated carbocycles. The lowest BCUT2D eigenvalue weighted by atomic mass is 10.2. The molecule has 1 fully saturated rings. The summed E-state index contributed by atoms with van der Waals surface area (Å²) in [5, 5.41) is 1.17. The summed E-state index contributed by atoms with van der Waals surface area (Å²) in [5.74, 6) is 0. The van der Waals surface area contributed by atoms with Gasteiger partial charge in [0.05, 0.1) is 5.69 Å². The Labute approximate surface area is 114 Å². The molecule has 5 heteroatoms. The third kappa shape index (κ3) is 3.02. The first-order chi connectivity index (χ1) is 8.61. The van der Waals surface area contributed by atoms with Crippen molar-refractivity contribution >= 4 is 16.5 Å². The molecule has 0 amide bonds. The van der Waals surface area contributed by atoms with Gasteiger partial charge in [-0.1, -0.05) is 13.3 Å². The average Bonchev–Trinajstić information content (AvgIpc) is 2.75. The first-order valence-electron chi connectivity index (χ1n) is 6.80. The number of hydrogen-bond acceptors (Lipinski definition) is 5. The van der Waals surface area contributed by atoms with Gasteiger partial charge in [-0.3, -0.25) is 0 Å². The summed E-state index contributed by atoms with van der Waals surface area (Å²) in [6, 6.07) is 0.102. The van der Waals surface area contributed by atoms with Crippen molar-refractivity contribution in [3.05, 3.63) is 10.6 Å². The Bertz CT molecular complexity index is 380. The first kappa shape index (κ1) is 13.8. The van der Waals surface area contributed by atoms with Gasteiger partial charge in [-0.2, -0.15) is 0 Å². The summed E-state index contributed by atoms with van der Waals surface area (Å²) < 4.78 is 0. The van der Waals surface area contributed by atoms with E-state index in [4.69, 9.17) is 10.7 Å². The number of anilines is 1. The zero-order chi connectivity index (χ0) is 13.1. The minimum Gasteiger partial charge on any atom is -0.346 e. The molecule has 1 saturated heterocycles. The van der Waals surface area contributed by atoms with Crippen LogP contribution in [-0.2, 0) is 6.42 Å². The maximum Gasteiger partial charge on any atom is 0.185 e. The molecule has 102 valence electrons. The van der Waals surface area contributed by atoms with Crippen molar-refractivity contribution in [1.29, 1.82) is 0 Å². The fourth-order valence-electron chi connectivity index (χ4n) is 2.26. The number of piperazine rings is 1. The van der Waals surface area contributed by atoms with Crippen LogP contribution in [0.2, 0.25) is 0 Å². The quantitative estimate of drug-likeness (QED) is 0.905. The van der Waals surface area contributed by atoms with Gasteiger partial charge in [0.2, 0.25) is 0 Å². The minimum absolute atomic E-state index is 0.102. The van der Waals surface area contributed by atoms with Crippen LogP contribution in [0, 0.1) is 0 Å². The number of likely N-dealkylation sites (N-methyl/N-ethyl adjacent to an activating group) is 1. The predicted molar refractivity (Wildman–Crippen MR) is 78.4 cm³/mol. The van der Waals surface area contributed by atoms with Crippen molar-refractivity contribution in [3.8, 4) is 0 Å². The molecule has 1 aliphatic heterocycles. The minimum atomic E-state index is 0.102. The van der Waals surface area contributed by atoms with E-state index >= 15 is 0 Å². The summed E-state index contributed by atoms with van der Waals surface area (Å²) in [6.45, 7) is 8.65. The maximum atomic E-state index is 6.05. The van der Waals surface area contributed by atoms with Gasteiger partial charge >= 0.3 is 0 Å². The van der Waals surface area contributed by atoms with Crippen molar-refractivity contribution in [1.82, 2.24) is 9.88 Å². The third-order valence-electron chi connectivity index (χ3n) is 3.39. The van der Waals surface area contributed by atoms with Gasteiger partial charge in [0.25, 0.3) is 0 Å². The third-order valence-corrected chi connectivity index (χ3v) is 4.75. The van der Waals surface area contributed by atoms with E-state index in [1.807, 2.05) is 0 Å². The molecule has 0 aromatic carbocycles. The summed E-state index contributed by atoms with van der Waals surface area (Å²) in [5.41, 5.74) is 7.27. The zero-order valence-corrected chi connectivity index (χ0v) is 12.5. The number of nitrogens with two attached hydrogens (primary N) is 1. The van der Waals surface area contributed by atoms with Gasteiger partial charge < -0.3 is 15.5 Å². The Morgan fingerprint density at radius 3 is 2.56 bits per heavy atom. The van der Waals surface area contributed by atoms with Crippen molar-refractivity contribution in [2.24, 2.45) is 5.73 Å². The molecule has 1 aliphatic rings. The van der Waals surface area contributed by atoms with Crippen LogP contribution in [0.25, 0.3) is 0 Å². The largest absolute Gasteiger partial charge is 0.346 e. The molecule has 0 radical (unpaired) electrons. The number of rotatable bonds is 4. The summed E-state index contributed by atoms with van der Waals surface area (Å²) >= 11 is 1.79. The van der Waals surface area contributed by atoms with Crippen LogP contribution >= 0.6 is 11.3 Å². The van der Waals surface area contributed by atoms with E-state index in [2.05, 4.69) is 30.7 Å². The van der Waals surface area contributed by atoms with Crippen LogP contribution in [0.5, 0.6) is 0 Å². The van der Waals surface area contributed by atoms with Gasteiger partial charge in [0, 0.05) is 37.1 Å². The highest BCUT2D eigenvalue weighted by molar-refractivity contribution is 7.15. The second-order valence-corrected chi connectivity index (χ2v) is 6.15. The van der Waals surface area contributed by atoms with Gasteiger partial charge in [-0.05, 0) is 20.4 Å². The number of aromatic nitrogens is 1. The van der Waals surface area contributed by atoms with Crippen molar-refractivity contribution < 1.29 is 0 Å². The SMILES string of the molecule is CCCc1nc(N2CCN(C)CC2)sc1C(C)N. The molecule has 0 bridgehead atoms. The van der Waals surface area contributed by atoms with Gasteiger partial charge in [-0.25, -0.2) is 4.98 Å². The number of nitrogens with zero attached hydrogens (tertiary/aromatic N) is 3. The van der Waals surface area contributed by atoms with E-state index < -0.39 is 0 Å². The fraction of sp³-hybridized carbons (Fsp3) is 0.769. The summed E-state index contributed by atoms with van der Waals surface area (Å²) in [7, 11) is 2.18. The second-order valence-electron chi connectivity index (χ2n) is 5.14. The maximum absolute atomic E-state index is 6.05. The Hall–Kier alpha value is -0.650. The normalized spacial score (nSPS) is 19.2. The van der Waals surface area contributed by atoms with Crippen LogP contribution in [-0.4, -0.2) is 43.1 Å². The molecular formula is C13H24N4S. The lowest BCUT2D eigenvalue weighted by molar-refractivity contribution is 0.312. The molecular weight excluding hydrogens is 244 g/mol. The Balaban J connectivity index is 2.15. The van der Waals surface area contributed by atoms with Gasteiger partial charge in [-0.15, -0.1) is 11.3 Å². The molecule has 4 nitrogen and oxygen atoms in total. The van der Waals surface area contributed by atoms with E-state index in [1.165, 1.54) is 15.7 Å². The smallest absolute Gasteiger partial charge is 0.185 e. The molecule has 2 heterocycles. The molecule has 1 aromatic rings. The van der Waals surface area contributed by atoms with Crippen molar-refractivity contribution in [3.63, 3.8) is 0 Å². The Kier molecular flexibility index (Phi) is 4.59. The summed E-state index contributed by atoms with van der Waals surface area (Å²) in [4.78, 5) is 10.8. The van der Waals surface area contributed by atoms with Gasteiger partial charge in [0.1, 0.15) is 0 Å². The number of thiazole rings is 1. The van der Waals surface area contributed by atoms with Crippen LogP contribution < -0.4 is 10.6 Å². The lowest BCUT2D eigenvalue weighted by Crippen LogP contribution is -2.44. The zero-order valence-electron chi connectivity index (χ0n) is 11.6.